The summed E-state index contributed by atoms with van der Waals surface area (Å²) in [5, 5.41) is 51.0. The first kappa shape index (κ1) is 30.9. The van der Waals surface area contributed by atoms with Crippen molar-refractivity contribution in [2.45, 2.75) is 18.6 Å². The van der Waals surface area contributed by atoms with E-state index in [1.54, 1.807) is 14.7 Å². The van der Waals surface area contributed by atoms with Crippen LogP contribution in [0, 0.1) is 0 Å². The third-order valence-corrected chi connectivity index (χ3v) is 6.04. The number of hydrogen-bond acceptors (Lipinski definition) is 10. The molecule has 1 aliphatic heterocycles. The zero-order valence-corrected chi connectivity index (χ0v) is 21.1. The molecule has 2 unspecified atom stereocenters. The van der Waals surface area contributed by atoms with E-state index in [1.165, 1.54) is 24.3 Å². The Bertz CT molecular complexity index is 929. The molecule has 0 radical (unpaired) electrons. The molecule has 212 valence electrons. The van der Waals surface area contributed by atoms with E-state index in [0.29, 0.717) is 38.5 Å². The predicted molar refractivity (Wildman–Crippen MR) is 134 cm³/mol. The first-order valence-corrected chi connectivity index (χ1v) is 12.2. The van der Waals surface area contributed by atoms with Gasteiger partial charge >= 0.3 is 23.9 Å². The second-order valence-corrected chi connectivity index (χ2v) is 9.10. The molecule has 6 N–H and O–H groups in total. The van der Waals surface area contributed by atoms with Gasteiger partial charge in [-0.15, -0.1) is 0 Å². The molecule has 1 aliphatic rings. The number of aromatic carboxylic acids is 1. The van der Waals surface area contributed by atoms with Gasteiger partial charge in [0.2, 0.25) is 0 Å². The summed E-state index contributed by atoms with van der Waals surface area (Å²) in [5.41, 5.74) is 0.0875. The summed E-state index contributed by atoms with van der Waals surface area (Å²) in [6.07, 6.45) is -0.957. The molecule has 0 aromatic heterocycles. The highest BCUT2D eigenvalue weighted by molar-refractivity contribution is 5.87. The number of carboxylic acid groups (broad SMARTS) is 4. The zero-order chi connectivity index (χ0) is 28.1. The van der Waals surface area contributed by atoms with E-state index in [2.05, 4.69) is 5.32 Å². The van der Waals surface area contributed by atoms with E-state index in [0.717, 1.165) is 0 Å². The third kappa shape index (κ3) is 11.8. The fraction of sp³-hybridized carbons (Fsp3) is 0.583. The minimum Gasteiger partial charge on any atom is -0.491 e. The van der Waals surface area contributed by atoms with Crippen LogP contribution in [-0.4, -0.2) is 148 Å². The van der Waals surface area contributed by atoms with Gasteiger partial charge < -0.3 is 35.6 Å². The molecule has 0 spiro atoms. The van der Waals surface area contributed by atoms with Crippen molar-refractivity contribution in [3.63, 3.8) is 0 Å². The second-order valence-electron chi connectivity index (χ2n) is 9.10. The molecule has 14 nitrogen and oxygen atoms in total. The highest BCUT2D eigenvalue weighted by atomic mass is 16.5. The van der Waals surface area contributed by atoms with Crippen LogP contribution in [0.2, 0.25) is 0 Å². The number of ether oxygens (including phenoxy) is 1. The highest BCUT2D eigenvalue weighted by Crippen LogP contribution is 2.15. The molecular formula is C24H36N4O10. The number of aliphatic carboxylic acids is 3. The van der Waals surface area contributed by atoms with Crippen molar-refractivity contribution in [2.24, 2.45) is 0 Å². The van der Waals surface area contributed by atoms with Crippen LogP contribution in [0.15, 0.2) is 24.3 Å². The predicted octanol–water partition coefficient (Wildman–Crippen LogP) is -1.35. The molecule has 2 rings (SSSR count). The molecule has 0 saturated carbocycles. The number of carbonyl (C=O) groups is 4. The molecule has 1 fully saturated rings. The van der Waals surface area contributed by atoms with Crippen LogP contribution in [0.4, 0.5) is 0 Å². The molecule has 1 aromatic rings. The minimum atomic E-state index is -1.08. The Balaban J connectivity index is 2.16. The number of hydrogen-bond donors (Lipinski definition) is 6. The Morgan fingerprint density at radius 1 is 0.842 bits per heavy atom. The average molecular weight is 541 g/mol. The Hall–Kier alpha value is -3.30. The van der Waals surface area contributed by atoms with E-state index in [-0.39, 0.29) is 51.3 Å². The lowest BCUT2D eigenvalue weighted by molar-refractivity contribution is -0.141. The van der Waals surface area contributed by atoms with Crippen molar-refractivity contribution in [3.05, 3.63) is 29.8 Å². The number of carboxylic acids is 4. The van der Waals surface area contributed by atoms with Crippen LogP contribution in [-0.2, 0) is 14.4 Å². The van der Waals surface area contributed by atoms with Crippen molar-refractivity contribution in [2.75, 3.05) is 72.1 Å². The number of aliphatic hydroxyl groups excluding tert-OH is 1. The van der Waals surface area contributed by atoms with Crippen LogP contribution < -0.4 is 10.1 Å². The Morgan fingerprint density at radius 2 is 1.42 bits per heavy atom. The summed E-state index contributed by atoms with van der Waals surface area (Å²) in [6, 6.07) is 5.12. The van der Waals surface area contributed by atoms with Crippen molar-refractivity contribution in [1.29, 1.82) is 0 Å². The van der Waals surface area contributed by atoms with Crippen LogP contribution >= 0.6 is 0 Å². The summed E-state index contributed by atoms with van der Waals surface area (Å²) in [6.45, 7) is 1.28. The Labute approximate surface area is 220 Å². The van der Waals surface area contributed by atoms with E-state index in [4.69, 9.17) is 9.84 Å². The molecule has 2 atom stereocenters. The quantitative estimate of drug-likeness (QED) is 0.182. The number of aliphatic hydroxyl groups is 1. The first-order chi connectivity index (χ1) is 18.0. The van der Waals surface area contributed by atoms with Gasteiger partial charge in [0, 0.05) is 51.9 Å². The summed E-state index contributed by atoms with van der Waals surface area (Å²) < 4.78 is 5.58. The van der Waals surface area contributed by atoms with Crippen LogP contribution in [0.25, 0.3) is 0 Å². The lowest BCUT2D eigenvalue weighted by Gasteiger charge is -2.36. The van der Waals surface area contributed by atoms with Gasteiger partial charge in [0.1, 0.15) is 12.4 Å². The summed E-state index contributed by atoms with van der Waals surface area (Å²) in [5.74, 6) is -3.87. The van der Waals surface area contributed by atoms with Crippen molar-refractivity contribution in [3.8, 4) is 5.75 Å². The van der Waals surface area contributed by atoms with Gasteiger partial charge in [-0.25, -0.2) is 4.79 Å². The van der Waals surface area contributed by atoms with E-state index in [1.807, 2.05) is 0 Å². The fourth-order valence-electron chi connectivity index (χ4n) is 4.22. The topological polar surface area (TPSA) is 200 Å². The number of rotatable bonds is 12. The molecule has 1 heterocycles. The number of nitrogens with one attached hydrogen (secondary N) is 1. The molecule has 14 heteroatoms. The maximum Gasteiger partial charge on any atom is 0.335 e. The maximum atomic E-state index is 11.6. The largest absolute Gasteiger partial charge is 0.491 e. The lowest BCUT2D eigenvalue weighted by atomic mass is 10.1. The van der Waals surface area contributed by atoms with Gasteiger partial charge in [-0.3, -0.25) is 29.1 Å². The van der Waals surface area contributed by atoms with Gasteiger partial charge in [-0.05, 0) is 30.7 Å². The van der Waals surface area contributed by atoms with E-state index < -0.39 is 36.0 Å². The van der Waals surface area contributed by atoms with Gasteiger partial charge in [0.25, 0.3) is 0 Å². The second kappa shape index (κ2) is 15.8. The number of nitrogens with zero attached hydrogens (tertiary/aromatic N) is 3. The lowest BCUT2D eigenvalue weighted by Crippen LogP contribution is -2.53. The Kier molecular flexibility index (Phi) is 12.9. The van der Waals surface area contributed by atoms with Crippen molar-refractivity contribution in [1.82, 2.24) is 20.0 Å². The van der Waals surface area contributed by atoms with Crippen molar-refractivity contribution >= 4 is 23.9 Å². The summed E-state index contributed by atoms with van der Waals surface area (Å²) in [7, 11) is 0. The number of benzene rings is 1. The molecule has 0 bridgehead atoms. The SMILES string of the molecule is O=C(O)CN1CCNCCN(CC(=O)O)C(CC(O)COc2ccc(C(=O)O)cc2)CN(CC(=O)O)CC1. The van der Waals surface area contributed by atoms with E-state index >= 15 is 0 Å². The normalized spacial score (nSPS) is 19.6. The molecule has 0 aliphatic carbocycles. The van der Waals surface area contributed by atoms with Crippen molar-refractivity contribution < 1.29 is 49.4 Å². The highest BCUT2D eigenvalue weighted by Gasteiger charge is 2.27. The maximum absolute atomic E-state index is 11.6. The standard InChI is InChI=1S/C24H36N4O10/c29-19(16-38-20-3-1-17(2-4-20)24(36)37)11-18-12-27(14-22(32)33)10-9-26(13-21(30)31)7-5-25-6-8-28(18)15-23(34)35/h1-4,18-19,25,29H,5-16H2,(H,30,31)(H,32,33)(H,34,35)(H,36,37). The van der Waals surface area contributed by atoms with Gasteiger partial charge in [-0.1, -0.05) is 0 Å². The molecule has 38 heavy (non-hydrogen) atoms. The fourth-order valence-corrected chi connectivity index (χ4v) is 4.22. The van der Waals surface area contributed by atoms with Crippen LogP contribution in [0.3, 0.4) is 0 Å². The average Bonchev–Trinajstić information content (AvgIpc) is 2.83. The molecule has 1 aromatic carbocycles. The van der Waals surface area contributed by atoms with Gasteiger partial charge in [-0.2, -0.15) is 0 Å². The summed E-state index contributed by atoms with van der Waals surface area (Å²) in [4.78, 5) is 50.4. The van der Waals surface area contributed by atoms with Gasteiger partial charge in [0.15, 0.2) is 0 Å². The summed E-state index contributed by atoms with van der Waals surface area (Å²) >= 11 is 0. The molecule has 0 amide bonds. The first-order valence-electron chi connectivity index (χ1n) is 12.2. The van der Waals surface area contributed by atoms with Gasteiger partial charge in [0.05, 0.1) is 31.3 Å². The molecule has 1 saturated heterocycles. The van der Waals surface area contributed by atoms with Crippen LogP contribution in [0.1, 0.15) is 16.8 Å². The van der Waals surface area contributed by atoms with Crippen LogP contribution in [0.5, 0.6) is 5.75 Å². The zero-order valence-electron chi connectivity index (χ0n) is 21.1. The minimum absolute atomic E-state index is 0.0788. The third-order valence-electron chi connectivity index (χ3n) is 6.04. The monoisotopic (exact) mass is 540 g/mol. The van der Waals surface area contributed by atoms with E-state index in [9.17, 15) is 39.6 Å². The molecular weight excluding hydrogens is 504 g/mol. The Morgan fingerprint density at radius 3 is 2.03 bits per heavy atom. The smallest absolute Gasteiger partial charge is 0.335 e.